The van der Waals surface area contributed by atoms with Crippen molar-refractivity contribution in [1.29, 1.82) is 0 Å². The summed E-state index contributed by atoms with van der Waals surface area (Å²) in [5.74, 6) is -1.04. The Kier molecular flexibility index (Phi) is 4.95. The first-order valence-corrected chi connectivity index (χ1v) is 9.55. The number of amides is 1. The third-order valence-corrected chi connectivity index (χ3v) is 5.45. The Morgan fingerprint density at radius 1 is 1.07 bits per heavy atom. The van der Waals surface area contributed by atoms with Crippen LogP contribution in [0.5, 0.6) is 0 Å². The molecule has 2 heterocycles. The van der Waals surface area contributed by atoms with Crippen molar-refractivity contribution in [3.63, 3.8) is 0 Å². The molecule has 2 N–H and O–H groups in total. The van der Waals surface area contributed by atoms with Crippen molar-refractivity contribution in [1.82, 2.24) is 9.97 Å². The van der Waals surface area contributed by atoms with Crippen molar-refractivity contribution in [3.8, 4) is 0 Å². The molecule has 1 amide bonds. The van der Waals surface area contributed by atoms with Crippen LogP contribution in [0, 0.1) is 11.6 Å². The van der Waals surface area contributed by atoms with E-state index in [0.29, 0.717) is 16.7 Å². The number of hydrogen-bond acceptors (Lipinski definition) is 4. The lowest BCUT2D eigenvalue weighted by Gasteiger charge is -2.24. The van der Waals surface area contributed by atoms with Gasteiger partial charge in [0.2, 0.25) is 5.91 Å². The number of aromatic amines is 1. The van der Waals surface area contributed by atoms with E-state index in [1.807, 2.05) is 0 Å². The lowest BCUT2D eigenvalue weighted by Crippen LogP contribution is -2.31. The smallest absolute Gasteiger partial charge is 0.257 e. The fraction of sp³-hybridized carbons (Fsp3) is 0.150. The summed E-state index contributed by atoms with van der Waals surface area (Å²) < 4.78 is 27.0. The van der Waals surface area contributed by atoms with E-state index in [0.717, 1.165) is 0 Å². The molecule has 0 saturated heterocycles. The molecular weight excluding hydrogens is 384 g/mol. The molecule has 0 saturated carbocycles. The van der Waals surface area contributed by atoms with E-state index in [2.05, 4.69) is 15.3 Å². The van der Waals surface area contributed by atoms with Gasteiger partial charge in [0, 0.05) is 18.1 Å². The number of nitrogens with zero attached hydrogens (tertiary/aromatic N) is 1. The van der Waals surface area contributed by atoms with Crippen molar-refractivity contribution in [2.45, 2.75) is 23.2 Å². The summed E-state index contributed by atoms with van der Waals surface area (Å²) in [5, 5.41) is 2.91. The van der Waals surface area contributed by atoms with Gasteiger partial charge in [0.15, 0.2) is 5.16 Å². The first-order chi connectivity index (χ1) is 13.5. The van der Waals surface area contributed by atoms with Gasteiger partial charge in [-0.15, -0.1) is 0 Å². The molecule has 1 atom stereocenters. The second-order valence-corrected chi connectivity index (χ2v) is 7.33. The lowest BCUT2D eigenvalue weighted by atomic mass is 9.87. The normalized spacial score (nSPS) is 15.8. The number of nitrogens with one attached hydrogen (secondary N) is 2. The summed E-state index contributed by atoms with van der Waals surface area (Å²) in [6.45, 7) is 0. The van der Waals surface area contributed by atoms with E-state index in [1.165, 1.54) is 30.0 Å². The molecule has 0 fully saturated rings. The van der Waals surface area contributed by atoms with Crippen LogP contribution in [0.2, 0.25) is 0 Å². The van der Waals surface area contributed by atoms with Gasteiger partial charge in [0.25, 0.3) is 5.56 Å². The maximum Gasteiger partial charge on any atom is 0.257 e. The molecule has 0 spiro atoms. The van der Waals surface area contributed by atoms with Crippen LogP contribution in [0.25, 0.3) is 0 Å². The number of H-pyrrole nitrogens is 1. The summed E-state index contributed by atoms with van der Waals surface area (Å²) >= 11 is 1.17. The van der Waals surface area contributed by atoms with Crippen LogP contribution in [0.4, 0.5) is 14.6 Å². The average molecular weight is 399 g/mol. The first-order valence-electron chi connectivity index (χ1n) is 8.57. The van der Waals surface area contributed by atoms with Crippen LogP contribution >= 0.6 is 11.8 Å². The van der Waals surface area contributed by atoms with Gasteiger partial charge >= 0.3 is 0 Å². The predicted molar refractivity (Wildman–Crippen MR) is 102 cm³/mol. The number of hydrogen-bond donors (Lipinski definition) is 2. The minimum Gasteiger partial charge on any atom is -0.310 e. The maximum absolute atomic E-state index is 13.8. The fourth-order valence-corrected chi connectivity index (χ4v) is 4.01. The van der Waals surface area contributed by atoms with Crippen LogP contribution < -0.4 is 10.9 Å². The minimum absolute atomic E-state index is 0.0745. The van der Waals surface area contributed by atoms with Gasteiger partial charge in [-0.3, -0.25) is 9.59 Å². The molecule has 5 nitrogen and oxygen atoms in total. The maximum atomic E-state index is 13.8. The Hall–Kier alpha value is -3.00. The molecule has 28 heavy (non-hydrogen) atoms. The standard InChI is InChI=1S/C20H15F2N3O2S/c21-13-7-5-11(6-8-13)14-9-16(26)23-18-17(14)19(27)25-20(24-18)28-10-12-3-1-2-4-15(12)22/h1-8,14H,9-10H2,(H2,23,24,25,26,27). The molecule has 1 aliphatic heterocycles. The van der Waals surface area contributed by atoms with Gasteiger partial charge < -0.3 is 10.3 Å². The minimum atomic E-state index is -0.508. The molecule has 1 aromatic heterocycles. The highest BCUT2D eigenvalue weighted by Gasteiger charge is 2.31. The van der Waals surface area contributed by atoms with Gasteiger partial charge in [0.05, 0.1) is 5.56 Å². The average Bonchev–Trinajstić information content (AvgIpc) is 2.67. The molecule has 0 bridgehead atoms. The Bertz CT molecular complexity index is 1100. The zero-order valence-electron chi connectivity index (χ0n) is 14.5. The molecular formula is C20H15F2N3O2S. The topological polar surface area (TPSA) is 74.8 Å². The molecule has 1 unspecified atom stereocenters. The highest BCUT2D eigenvalue weighted by atomic mass is 32.2. The Balaban J connectivity index is 1.66. The second kappa shape index (κ2) is 7.55. The summed E-state index contributed by atoms with van der Waals surface area (Å²) in [6, 6.07) is 12.1. The van der Waals surface area contributed by atoms with Crippen molar-refractivity contribution in [2.75, 3.05) is 5.32 Å². The summed E-state index contributed by atoms with van der Waals surface area (Å²) in [5.41, 5.74) is 1.11. The van der Waals surface area contributed by atoms with Crippen molar-refractivity contribution in [2.24, 2.45) is 0 Å². The summed E-state index contributed by atoms with van der Waals surface area (Å²) in [4.78, 5) is 31.9. The Morgan fingerprint density at radius 3 is 2.57 bits per heavy atom. The molecule has 2 aromatic carbocycles. The lowest BCUT2D eigenvalue weighted by molar-refractivity contribution is -0.116. The highest BCUT2D eigenvalue weighted by molar-refractivity contribution is 7.98. The Morgan fingerprint density at radius 2 is 1.82 bits per heavy atom. The SMILES string of the molecule is O=C1CC(c2ccc(F)cc2)c2c(nc(SCc3ccccc3F)[nH]c2=O)N1. The second-order valence-electron chi connectivity index (χ2n) is 6.37. The third kappa shape index (κ3) is 3.68. The largest absolute Gasteiger partial charge is 0.310 e. The number of thioether (sulfide) groups is 1. The van der Waals surface area contributed by atoms with E-state index in [4.69, 9.17) is 0 Å². The zero-order valence-corrected chi connectivity index (χ0v) is 15.4. The molecule has 3 aromatic rings. The van der Waals surface area contributed by atoms with Crippen molar-refractivity contribution in [3.05, 3.63) is 87.2 Å². The van der Waals surface area contributed by atoms with Crippen molar-refractivity contribution < 1.29 is 13.6 Å². The van der Waals surface area contributed by atoms with E-state index in [1.54, 1.807) is 30.3 Å². The number of carbonyl (C=O) groups is 1. The van der Waals surface area contributed by atoms with Gasteiger partial charge in [-0.1, -0.05) is 42.1 Å². The summed E-state index contributed by atoms with van der Waals surface area (Å²) in [7, 11) is 0. The van der Waals surface area contributed by atoms with Crippen LogP contribution in [0.1, 0.15) is 29.0 Å². The quantitative estimate of drug-likeness (QED) is 0.517. The number of halogens is 2. The number of fused-ring (bicyclic) bond motifs is 1. The van der Waals surface area contributed by atoms with Crippen LogP contribution in [-0.4, -0.2) is 15.9 Å². The van der Waals surface area contributed by atoms with Gasteiger partial charge in [0.1, 0.15) is 17.5 Å². The molecule has 0 aliphatic carbocycles. The molecule has 142 valence electrons. The fourth-order valence-electron chi connectivity index (χ4n) is 3.16. The van der Waals surface area contributed by atoms with E-state index in [-0.39, 0.29) is 40.4 Å². The predicted octanol–water partition coefficient (Wildman–Crippen LogP) is 3.81. The highest BCUT2D eigenvalue weighted by Crippen LogP contribution is 2.34. The van der Waals surface area contributed by atoms with Gasteiger partial charge in [-0.05, 0) is 29.3 Å². The van der Waals surface area contributed by atoms with Crippen molar-refractivity contribution >= 4 is 23.5 Å². The zero-order chi connectivity index (χ0) is 19.7. The number of anilines is 1. The van der Waals surface area contributed by atoms with Crippen LogP contribution in [0.15, 0.2) is 58.5 Å². The number of benzene rings is 2. The van der Waals surface area contributed by atoms with Gasteiger partial charge in [-0.2, -0.15) is 0 Å². The molecule has 0 radical (unpaired) electrons. The summed E-state index contributed by atoms with van der Waals surface area (Å²) in [6.07, 6.45) is 0.0745. The molecule has 1 aliphatic rings. The Labute approximate surface area is 163 Å². The van der Waals surface area contributed by atoms with Crippen LogP contribution in [-0.2, 0) is 10.5 Å². The third-order valence-electron chi connectivity index (χ3n) is 4.52. The first kappa shape index (κ1) is 18.4. The van der Waals surface area contributed by atoms with Crippen LogP contribution in [0.3, 0.4) is 0 Å². The van der Waals surface area contributed by atoms with E-state index >= 15 is 0 Å². The number of aromatic nitrogens is 2. The van der Waals surface area contributed by atoms with E-state index in [9.17, 15) is 18.4 Å². The number of carbonyl (C=O) groups excluding carboxylic acids is 1. The monoisotopic (exact) mass is 399 g/mol. The number of rotatable bonds is 4. The molecule has 8 heteroatoms. The van der Waals surface area contributed by atoms with E-state index < -0.39 is 11.7 Å². The molecule has 4 rings (SSSR count). The van der Waals surface area contributed by atoms with Gasteiger partial charge in [-0.25, -0.2) is 13.8 Å².